The van der Waals surface area contributed by atoms with Crippen LogP contribution >= 0.6 is 0 Å². The minimum absolute atomic E-state index is 0.0115. The Balaban J connectivity index is 2.74. The van der Waals surface area contributed by atoms with E-state index in [9.17, 15) is 18.3 Å². The first-order valence-corrected chi connectivity index (χ1v) is 6.38. The van der Waals surface area contributed by atoms with Gasteiger partial charge in [0.05, 0.1) is 10.6 Å². The lowest BCUT2D eigenvalue weighted by Gasteiger charge is -2.31. The summed E-state index contributed by atoms with van der Waals surface area (Å²) in [5.41, 5.74) is 3.33. The first-order valence-electron chi connectivity index (χ1n) is 4.72. The highest BCUT2D eigenvalue weighted by Crippen LogP contribution is 2.36. The Bertz CT molecular complexity index is 552. The minimum Gasteiger partial charge on any atom is -0.375 e. The van der Waals surface area contributed by atoms with Crippen molar-refractivity contribution < 1.29 is 18.3 Å². The highest BCUT2D eigenvalue weighted by Gasteiger charge is 2.44. The van der Waals surface area contributed by atoms with Crippen LogP contribution in [-0.2, 0) is 20.2 Å². The molecule has 0 saturated carbocycles. The Labute approximate surface area is 92.8 Å². The van der Waals surface area contributed by atoms with Crippen LogP contribution < -0.4 is 5.73 Å². The summed E-state index contributed by atoms with van der Waals surface area (Å²) in [7, 11) is -3.41. The molecule has 0 aromatic heterocycles. The summed E-state index contributed by atoms with van der Waals surface area (Å²) in [6.45, 7) is 0. The molecule has 86 valence electrons. The van der Waals surface area contributed by atoms with Gasteiger partial charge in [-0.15, -0.1) is 0 Å². The molecule has 1 atom stereocenters. The molecule has 1 aromatic rings. The van der Waals surface area contributed by atoms with E-state index in [1.54, 1.807) is 12.1 Å². The van der Waals surface area contributed by atoms with Gasteiger partial charge in [-0.1, -0.05) is 18.2 Å². The second-order valence-corrected chi connectivity index (χ2v) is 5.87. The van der Waals surface area contributed by atoms with Crippen molar-refractivity contribution in [3.8, 4) is 0 Å². The fourth-order valence-electron chi connectivity index (χ4n) is 1.86. The molecule has 0 spiro atoms. The van der Waals surface area contributed by atoms with E-state index in [4.69, 9.17) is 5.73 Å². The molecule has 0 fully saturated rings. The van der Waals surface area contributed by atoms with Gasteiger partial charge >= 0.3 is 0 Å². The zero-order valence-electron chi connectivity index (χ0n) is 8.38. The number of carbonyl (C=O) groups excluding carboxylic acids is 1. The number of benzene rings is 1. The Morgan fingerprint density at radius 1 is 1.38 bits per heavy atom. The highest BCUT2D eigenvalue weighted by atomic mass is 32.2. The van der Waals surface area contributed by atoms with E-state index < -0.39 is 21.3 Å². The lowest BCUT2D eigenvalue weighted by Crippen LogP contribution is -2.46. The van der Waals surface area contributed by atoms with E-state index in [-0.39, 0.29) is 22.6 Å². The number of aliphatic hydroxyl groups is 1. The van der Waals surface area contributed by atoms with Crippen LogP contribution in [0.5, 0.6) is 0 Å². The fourth-order valence-corrected chi connectivity index (χ4v) is 3.50. The van der Waals surface area contributed by atoms with Crippen LogP contribution in [0.2, 0.25) is 0 Å². The molecule has 6 heteroatoms. The molecule has 1 aromatic carbocycles. The van der Waals surface area contributed by atoms with Gasteiger partial charge in [0, 0.05) is 12.0 Å². The number of amides is 1. The molecule has 1 amide bonds. The van der Waals surface area contributed by atoms with E-state index in [0.29, 0.717) is 0 Å². The summed E-state index contributed by atoms with van der Waals surface area (Å²) in [5, 5.41) is 10.1. The first-order chi connectivity index (χ1) is 7.38. The molecule has 1 unspecified atom stereocenters. The number of rotatable bonds is 1. The van der Waals surface area contributed by atoms with Crippen molar-refractivity contribution in [2.75, 3.05) is 5.75 Å². The van der Waals surface area contributed by atoms with Crippen molar-refractivity contribution in [3.05, 3.63) is 29.8 Å². The summed E-state index contributed by atoms with van der Waals surface area (Å²) in [4.78, 5) is 11.2. The van der Waals surface area contributed by atoms with Crippen LogP contribution in [0.4, 0.5) is 0 Å². The van der Waals surface area contributed by atoms with Crippen LogP contribution in [0.1, 0.15) is 12.0 Å². The SMILES string of the molecule is NC(=O)C1(O)CCS(=O)(=O)c2ccccc21. The molecule has 0 radical (unpaired) electrons. The second-order valence-electron chi connectivity index (χ2n) is 3.79. The van der Waals surface area contributed by atoms with Gasteiger partial charge in [0.1, 0.15) is 0 Å². The van der Waals surface area contributed by atoms with Gasteiger partial charge in [-0.3, -0.25) is 4.79 Å². The number of fused-ring (bicyclic) bond motifs is 1. The zero-order valence-corrected chi connectivity index (χ0v) is 9.20. The molecule has 1 aliphatic rings. The average molecular weight is 241 g/mol. The summed E-state index contributed by atoms with van der Waals surface area (Å²) in [5.74, 6) is -1.20. The maximum Gasteiger partial charge on any atom is 0.254 e. The summed E-state index contributed by atoms with van der Waals surface area (Å²) < 4.78 is 23.4. The molecule has 3 N–H and O–H groups in total. The van der Waals surface area contributed by atoms with Crippen molar-refractivity contribution in [1.29, 1.82) is 0 Å². The van der Waals surface area contributed by atoms with E-state index in [1.165, 1.54) is 12.1 Å². The quantitative estimate of drug-likeness (QED) is 0.695. The standard InChI is InChI=1S/C10H11NO4S/c11-9(12)10(13)5-6-16(14,15)8-4-2-1-3-7(8)10/h1-4,13H,5-6H2,(H2,11,12). The maximum absolute atomic E-state index is 11.7. The van der Waals surface area contributed by atoms with Crippen molar-refractivity contribution in [1.82, 2.24) is 0 Å². The van der Waals surface area contributed by atoms with E-state index in [2.05, 4.69) is 0 Å². The molecular formula is C10H11NO4S. The molecule has 16 heavy (non-hydrogen) atoms. The predicted molar refractivity (Wildman–Crippen MR) is 56.2 cm³/mol. The van der Waals surface area contributed by atoms with Gasteiger partial charge in [-0.2, -0.15) is 0 Å². The summed E-state index contributed by atoms with van der Waals surface area (Å²) >= 11 is 0. The zero-order chi connectivity index (χ0) is 12.0. The number of carbonyl (C=O) groups is 1. The topological polar surface area (TPSA) is 97.5 Å². The lowest BCUT2D eigenvalue weighted by atomic mass is 9.90. The van der Waals surface area contributed by atoms with Gasteiger partial charge in [-0.05, 0) is 6.07 Å². The lowest BCUT2D eigenvalue weighted by molar-refractivity contribution is -0.138. The summed E-state index contributed by atoms with van der Waals surface area (Å²) in [6.07, 6.45) is -0.193. The third-order valence-corrected chi connectivity index (χ3v) is 4.58. The molecule has 0 bridgehead atoms. The fraction of sp³-hybridized carbons (Fsp3) is 0.300. The van der Waals surface area contributed by atoms with Crippen molar-refractivity contribution in [2.45, 2.75) is 16.9 Å². The number of nitrogens with two attached hydrogens (primary N) is 1. The molecular weight excluding hydrogens is 230 g/mol. The number of hydrogen-bond donors (Lipinski definition) is 2. The maximum atomic E-state index is 11.7. The van der Waals surface area contributed by atoms with Crippen molar-refractivity contribution in [2.24, 2.45) is 5.73 Å². The van der Waals surface area contributed by atoms with Gasteiger partial charge in [0.2, 0.25) is 0 Å². The van der Waals surface area contributed by atoms with Gasteiger partial charge < -0.3 is 10.8 Å². The molecule has 1 aliphatic heterocycles. The molecule has 2 rings (SSSR count). The van der Waals surface area contributed by atoms with Gasteiger partial charge in [0.25, 0.3) is 5.91 Å². The third kappa shape index (κ3) is 1.42. The first kappa shape index (κ1) is 11.1. The summed E-state index contributed by atoms with van der Waals surface area (Å²) in [6, 6.07) is 5.89. The Hall–Kier alpha value is -1.40. The molecule has 0 saturated heterocycles. The Morgan fingerprint density at radius 3 is 2.62 bits per heavy atom. The van der Waals surface area contributed by atoms with Gasteiger partial charge in [-0.25, -0.2) is 8.42 Å². The normalized spacial score (nSPS) is 27.1. The predicted octanol–water partition coefficient (Wildman–Crippen LogP) is -0.463. The Kier molecular flexibility index (Phi) is 2.28. The largest absolute Gasteiger partial charge is 0.375 e. The Morgan fingerprint density at radius 2 is 2.00 bits per heavy atom. The highest BCUT2D eigenvalue weighted by molar-refractivity contribution is 7.91. The minimum atomic E-state index is -3.41. The second kappa shape index (κ2) is 3.29. The van der Waals surface area contributed by atoms with Crippen molar-refractivity contribution in [3.63, 3.8) is 0 Å². The molecule has 0 aliphatic carbocycles. The van der Waals surface area contributed by atoms with E-state index >= 15 is 0 Å². The van der Waals surface area contributed by atoms with Crippen LogP contribution in [0, 0.1) is 0 Å². The number of hydrogen-bond acceptors (Lipinski definition) is 4. The van der Waals surface area contributed by atoms with Crippen LogP contribution in [0.25, 0.3) is 0 Å². The molecule has 5 nitrogen and oxygen atoms in total. The average Bonchev–Trinajstić information content (AvgIpc) is 2.24. The van der Waals surface area contributed by atoms with Crippen LogP contribution in [-0.4, -0.2) is 25.2 Å². The number of sulfone groups is 1. The van der Waals surface area contributed by atoms with Crippen LogP contribution in [0.3, 0.4) is 0 Å². The monoisotopic (exact) mass is 241 g/mol. The van der Waals surface area contributed by atoms with Crippen molar-refractivity contribution >= 4 is 15.7 Å². The third-order valence-electron chi connectivity index (χ3n) is 2.81. The van der Waals surface area contributed by atoms with Crippen LogP contribution in [0.15, 0.2) is 29.2 Å². The number of primary amides is 1. The smallest absolute Gasteiger partial charge is 0.254 e. The van der Waals surface area contributed by atoms with E-state index in [0.717, 1.165) is 0 Å². The van der Waals surface area contributed by atoms with Gasteiger partial charge in [0.15, 0.2) is 15.4 Å². The van der Waals surface area contributed by atoms with E-state index in [1.807, 2.05) is 0 Å². The molecule has 1 heterocycles.